The molecule has 0 rings (SSSR count). The summed E-state index contributed by atoms with van der Waals surface area (Å²) in [5.74, 6) is -0.213. The van der Waals surface area contributed by atoms with Gasteiger partial charge in [0.1, 0.15) is 13.5 Å². The molecule has 0 radical (unpaired) electrons. The summed E-state index contributed by atoms with van der Waals surface area (Å²) in [6.07, 6.45) is 1.64. The number of hydrogen-bond donors (Lipinski definition) is 0. The van der Waals surface area contributed by atoms with Crippen LogP contribution in [0.15, 0.2) is 0 Å². The minimum atomic E-state index is -0.351. The van der Waals surface area contributed by atoms with Gasteiger partial charge < -0.3 is 9.47 Å². The van der Waals surface area contributed by atoms with Crippen molar-refractivity contribution in [2.75, 3.05) is 41.7 Å². The molecule has 0 aromatic carbocycles. The van der Waals surface area contributed by atoms with Crippen LogP contribution in [0.3, 0.4) is 0 Å². The minimum Gasteiger partial charge on any atom is -0.449 e. The first-order valence-electron chi connectivity index (χ1n) is 8.11. The van der Waals surface area contributed by atoms with Crippen LogP contribution in [0.25, 0.3) is 0 Å². The molecule has 23 heavy (non-hydrogen) atoms. The Morgan fingerprint density at radius 2 is 1.39 bits per heavy atom. The van der Waals surface area contributed by atoms with Gasteiger partial charge in [-0.3, -0.25) is 19.4 Å². The Balaban J connectivity index is 0. The molecule has 0 saturated heterocycles. The normalized spacial score (nSPS) is 12.5. The molecule has 0 aromatic rings. The molecule has 0 heterocycles. The van der Waals surface area contributed by atoms with Crippen LogP contribution >= 0.6 is 0 Å². The van der Waals surface area contributed by atoms with E-state index in [4.69, 9.17) is 9.47 Å². The van der Waals surface area contributed by atoms with E-state index >= 15 is 0 Å². The van der Waals surface area contributed by atoms with Gasteiger partial charge in [0.05, 0.1) is 11.3 Å². The van der Waals surface area contributed by atoms with Crippen molar-refractivity contribution in [2.24, 2.45) is 11.3 Å². The highest BCUT2D eigenvalue weighted by molar-refractivity contribution is 5.75. The van der Waals surface area contributed by atoms with Crippen molar-refractivity contribution in [2.45, 2.75) is 47.5 Å². The predicted molar refractivity (Wildman–Crippen MR) is 92.8 cm³/mol. The molecule has 0 bridgehead atoms. The summed E-state index contributed by atoms with van der Waals surface area (Å²) in [5, 5.41) is 0. The zero-order chi connectivity index (χ0) is 18.6. The van der Waals surface area contributed by atoms with Crippen molar-refractivity contribution in [3.05, 3.63) is 0 Å². The third-order valence-electron chi connectivity index (χ3n) is 3.37. The van der Waals surface area contributed by atoms with E-state index in [-0.39, 0.29) is 23.3 Å². The minimum absolute atomic E-state index is 0.0231. The largest absolute Gasteiger partial charge is 0.449 e. The van der Waals surface area contributed by atoms with Gasteiger partial charge in [-0.1, -0.05) is 20.8 Å². The van der Waals surface area contributed by atoms with Crippen molar-refractivity contribution in [1.29, 1.82) is 0 Å². The van der Waals surface area contributed by atoms with Crippen molar-refractivity contribution in [3.8, 4) is 0 Å². The number of rotatable bonds is 8. The Labute approximate surface area is 142 Å². The van der Waals surface area contributed by atoms with Gasteiger partial charge in [0.15, 0.2) is 0 Å². The summed E-state index contributed by atoms with van der Waals surface area (Å²) in [7, 11) is 7.46. The van der Waals surface area contributed by atoms with E-state index in [1.54, 1.807) is 0 Å². The fourth-order valence-corrected chi connectivity index (χ4v) is 1.03. The van der Waals surface area contributed by atoms with Gasteiger partial charge in [0.25, 0.3) is 0 Å². The molecule has 6 heteroatoms. The van der Waals surface area contributed by atoms with Crippen molar-refractivity contribution in [1.82, 2.24) is 9.80 Å². The molecule has 0 aliphatic rings. The van der Waals surface area contributed by atoms with Crippen LogP contribution in [-0.2, 0) is 19.1 Å². The van der Waals surface area contributed by atoms with Crippen molar-refractivity contribution < 1.29 is 19.1 Å². The van der Waals surface area contributed by atoms with Gasteiger partial charge in [-0.05, 0) is 54.9 Å². The Kier molecular flexibility index (Phi) is 12.9. The van der Waals surface area contributed by atoms with Crippen LogP contribution in [0, 0.1) is 11.3 Å². The lowest BCUT2D eigenvalue weighted by Crippen LogP contribution is -2.29. The number of esters is 2. The summed E-state index contributed by atoms with van der Waals surface area (Å²) in [5.41, 5.74) is -0.351. The Morgan fingerprint density at radius 3 is 1.74 bits per heavy atom. The number of nitrogens with zero attached hydrogens (tertiary/aromatic N) is 2. The second-order valence-corrected chi connectivity index (χ2v) is 6.86. The number of hydrogen-bond acceptors (Lipinski definition) is 6. The van der Waals surface area contributed by atoms with Crippen molar-refractivity contribution >= 4 is 11.9 Å². The highest BCUT2D eigenvalue weighted by Gasteiger charge is 2.26. The fraction of sp³-hybridized carbons (Fsp3) is 0.882. The first-order chi connectivity index (χ1) is 10.5. The quantitative estimate of drug-likeness (QED) is 0.503. The smallest absolute Gasteiger partial charge is 0.312 e. The Hall–Kier alpha value is -1.14. The van der Waals surface area contributed by atoms with Crippen LogP contribution < -0.4 is 0 Å². The first kappa shape index (κ1) is 24.1. The van der Waals surface area contributed by atoms with E-state index in [1.807, 2.05) is 72.6 Å². The van der Waals surface area contributed by atoms with E-state index in [0.29, 0.717) is 13.5 Å². The van der Waals surface area contributed by atoms with Gasteiger partial charge in [-0.15, -0.1) is 0 Å². The number of ether oxygens (including phenoxy) is 2. The summed E-state index contributed by atoms with van der Waals surface area (Å²) >= 11 is 0. The SMILES string of the molecule is CCC(C)(C)C(=O)OCN(C)C.CCC(C)C(=O)OCN(C)C. The molecule has 1 atom stereocenters. The predicted octanol–water partition coefficient (Wildman–Crippen LogP) is 2.58. The summed E-state index contributed by atoms with van der Waals surface area (Å²) in [6.45, 7) is 10.4. The molecule has 0 aliphatic heterocycles. The lowest BCUT2D eigenvalue weighted by atomic mass is 9.91. The van der Waals surface area contributed by atoms with E-state index in [2.05, 4.69) is 0 Å². The van der Waals surface area contributed by atoms with Gasteiger partial charge in [0, 0.05) is 0 Å². The molecule has 0 spiro atoms. The van der Waals surface area contributed by atoms with E-state index in [1.165, 1.54) is 0 Å². The standard InChI is InChI=1S/C9H19NO2.C8H17NO2/c1-6-9(2,3)8(11)12-7-10(4)5;1-5-7(2)8(10)11-6-9(3)4/h6-7H2,1-5H3;7H,5-6H2,1-4H3. The molecule has 0 N–H and O–H groups in total. The zero-order valence-corrected chi connectivity index (χ0v) is 16.4. The molecule has 6 nitrogen and oxygen atoms in total. The molecule has 0 aliphatic carbocycles. The van der Waals surface area contributed by atoms with Gasteiger partial charge in [-0.2, -0.15) is 0 Å². The Bertz CT molecular complexity index is 341. The second kappa shape index (κ2) is 12.3. The molecule has 0 fully saturated rings. The van der Waals surface area contributed by atoms with Crippen molar-refractivity contribution in [3.63, 3.8) is 0 Å². The highest BCUT2D eigenvalue weighted by atomic mass is 16.5. The lowest BCUT2D eigenvalue weighted by molar-refractivity contribution is -0.158. The molecule has 0 aromatic heterocycles. The third-order valence-corrected chi connectivity index (χ3v) is 3.37. The maximum atomic E-state index is 11.4. The topological polar surface area (TPSA) is 59.1 Å². The van der Waals surface area contributed by atoms with E-state index < -0.39 is 0 Å². The van der Waals surface area contributed by atoms with E-state index in [9.17, 15) is 9.59 Å². The third kappa shape index (κ3) is 13.0. The number of carbonyl (C=O) groups excluding carboxylic acids is 2. The van der Waals surface area contributed by atoms with Crippen LogP contribution in [0.5, 0.6) is 0 Å². The molecule has 1 unspecified atom stereocenters. The molecular formula is C17H36N2O4. The average Bonchev–Trinajstić information content (AvgIpc) is 2.49. The zero-order valence-electron chi connectivity index (χ0n) is 16.4. The highest BCUT2D eigenvalue weighted by Crippen LogP contribution is 2.21. The van der Waals surface area contributed by atoms with Crippen LogP contribution in [0.1, 0.15) is 47.5 Å². The maximum Gasteiger partial charge on any atom is 0.312 e. The fourth-order valence-electron chi connectivity index (χ4n) is 1.03. The molecular weight excluding hydrogens is 296 g/mol. The number of carbonyl (C=O) groups is 2. The van der Waals surface area contributed by atoms with Gasteiger partial charge in [-0.25, -0.2) is 0 Å². The lowest BCUT2D eigenvalue weighted by Gasteiger charge is -2.21. The maximum absolute atomic E-state index is 11.4. The average molecular weight is 332 g/mol. The molecule has 138 valence electrons. The van der Waals surface area contributed by atoms with Crippen LogP contribution in [0.4, 0.5) is 0 Å². The molecule has 0 amide bonds. The van der Waals surface area contributed by atoms with Crippen LogP contribution in [0.2, 0.25) is 0 Å². The summed E-state index contributed by atoms with van der Waals surface area (Å²) < 4.78 is 9.99. The van der Waals surface area contributed by atoms with E-state index in [0.717, 1.165) is 12.8 Å². The van der Waals surface area contributed by atoms with Crippen LogP contribution in [-0.4, -0.2) is 63.4 Å². The molecule has 0 saturated carbocycles. The summed E-state index contributed by atoms with van der Waals surface area (Å²) in [6, 6.07) is 0. The van der Waals surface area contributed by atoms with Gasteiger partial charge >= 0.3 is 11.9 Å². The summed E-state index contributed by atoms with van der Waals surface area (Å²) in [4.78, 5) is 26.0. The first-order valence-corrected chi connectivity index (χ1v) is 8.11. The Morgan fingerprint density at radius 1 is 0.957 bits per heavy atom. The second-order valence-electron chi connectivity index (χ2n) is 6.86. The van der Waals surface area contributed by atoms with Gasteiger partial charge in [0.2, 0.25) is 0 Å². The monoisotopic (exact) mass is 332 g/mol.